The van der Waals surface area contributed by atoms with Crippen LogP contribution in [0.3, 0.4) is 0 Å². The minimum atomic E-state index is -0.527. The molecule has 0 spiro atoms. The normalized spacial score (nSPS) is 10.1. The number of carbonyl (C=O) groups excluding carboxylic acids is 2. The van der Waals surface area contributed by atoms with Crippen LogP contribution in [0.5, 0.6) is 0 Å². The second-order valence-electron chi connectivity index (χ2n) is 5.52. The highest BCUT2D eigenvalue weighted by molar-refractivity contribution is 5.95. The summed E-state index contributed by atoms with van der Waals surface area (Å²) < 4.78 is 0. The van der Waals surface area contributed by atoms with Crippen molar-refractivity contribution < 1.29 is 14.5 Å². The molecule has 0 saturated heterocycles. The quantitative estimate of drug-likeness (QED) is 0.518. The molecule has 2 amide bonds. The van der Waals surface area contributed by atoms with Gasteiger partial charge in [0.25, 0.3) is 17.5 Å². The Labute approximate surface area is 150 Å². The average molecular weight is 356 g/mol. The molecule has 8 nitrogen and oxygen atoms in total. The fraction of sp³-hybridized carbons (Fsp3) is 0.222. The van der Waals surface area contributed by atoms with Crippen molar-refractivity contribution in [2.75, 3.05) is 26.0 Å². The fourth-order valence-corrected chi connectivity index (χ4v) is 2.47. The van der Waals surface area contributed by atoms with Crippen LogP contribution in [0.2, 0.25) is 0 Å². The van der Waals surface area contributed by atoms with Crippen LogP contribution in [0.15, 0.2) is 42.5 Å². The molecular formula is C18H20N4O4. The smallest absolute Gasteiger partial charge is 0.293 e. The molecule has 2 aromatic rings. The van der Waals surface area contributed by atoms with Crippen LogP contribution in [0, 0.1) is 10.1 Å². The topological polar surface area (TPSA) is 113 Å². The summed E-state index contributed by atoms with van der Waals surface area (Å²) in [5, 5.41) is 19.3. The Bertz CT molecular complexity index is 836. The van der Waals surface area contributed by atoms with Crippen LogP contribution in [0.1, 0.15) is 26.3 Å². The summed E-state index contributed by atoms with van der Waals surface area (Å²) in [5.74, 6) is -0.550. The first-order chi connectivity index (χ1) is 12.5. The molecule has 0 atom stereocenters. The lowest BCUT2D eigenvalue weighted by Gasteiger charge is -2.09. The maximum Gasteiger partial charge on any atom is 0.293 e. The van der Waals surface area contributed by atoms with E-state index in [1.165, 1.54) is 25.2 Å². The van der Waals surface area contributed by atoms with Gasteiger partial charge in [-0.1, -0.05) is 12.1 Å². The Hall–Kier alpha value is -3.42. The van der Waals surface area contributed by atoms with E-state index in [9.17, 15) is 19.7 Å². The molecular weight excluding hydrogens is 336 g/mol. The maximum absolute atomic E-state index is 11.7. The van der Waals surface area contributed by atoms with Crippen LogP contribution in [0.25, 0.3) is 0 Å². The van der Waals surface area contributed by atoms with Gasteiger partial charge >= 0.3 is 0 Å². The number of anilines is 1. The van der Waals surface area contributed by atoms with E-state index >= 15 is 0 Å². The lowest BCUT2D eigenvalue weighted by molar-refractivity contribution is -0.384. The van der Waals surface area contributed by atoms with Crippen molar-refractivity contribution in [2.45, 2.75) is 6.42 Å². The maximum atomic E-state index is 11.7. The van der Waals surface area contributed by atoms with Crippen LogP contribution in [-0.4, -0.2) is 37.4 Å². The van der Waals surface area contributed by atoms with Crippen LogP contribution < -0.4 is 16.0 Å². The molecule has 0 aliphatic rings. The van der Waals surface area contributed by atoms with Crippen molar-refractivity contribution in [3.05, 3.63) is 69.3 Å². The third kappa shape index (κ3) is 4.56. The van der Waals surface area contributed by atoms with E-state index in [2.05, 4.69) is 16.0 Å². The van der Waals surface area contributed by atoms with Crippen molar-refractivity contribution in [2.24, 2.45) is 0 Å². The summed E-state index contributed by atoms with van der Waals surface area (Å²) >= 11 is 0. The first-order valence-corrected chi connectivity index (χ1v) is 8.01. The largest absolute Gasteiger partial charge is 0.379 e. The number of nitro groups is 1. The van der Waals surface area contributed by atoms with Crippen molar-refractivity contribution in [1.82, 2.24) is 10.6 Å². The molecule has 0 bridgehead atoms. The van der Waals surface area contributed by atoms with Gasteiger partial charge < -0.3 is 16.0 Å². The van der Waals surface area contributed by atoms with Gasteiger partial charge in [-0.3, -0.25) is 19.7 Å². The molecule has 0 fully saturated rings. The first-order valence-electron chi connectivity index (χ1n) is 8.01. The van der Waals surface area contributed by atoms with Crippen molar-refractivity contribution in [3.63, 3.8) is 0 Å². The van der Waals surface area contributed by atoms with Crippen molar-refractivity contribution in [3.8, 4) is 0 Å². The van der Waals surface area contributed by atoms with Crippen LogP contribution in [0.4, 0.5) is 11.4 Å². The van der Waals surface area contributed by atoms with E-state index in [0.29, 0.717) is 24.2 Å². The van der Waals surface area contributed by atoms with E-state index in [0.717, 1.165) is 5.56 Å². The number of carbonyl (C=O) groups is 2. The van der Waals surface area contributed by atoms with Crippen LogP contribution in [-0.2, 0) is 6.42 Å². The molecule has 0 radical (unpaired) electrons. The van der Waals surface area contributed by atoms with E-state index in [4.69, 9.17) is 0 Å². The molecule has 2 aromatic carbocycles. The lowest BCUT2D eigenvalue weighted by atomic mass is 10.1. The Morgan fingerprint density at radius 1 is 1.00 bits per heavy atom. The standard InChI is InChI=1S/C18H20N4O4/c1-19-17(23)13-5-3-4-12(10-13)8-9-21-15-7-6-14(18(24)20-2)11-16(15)22(25)26/h3-7,10-11,21H,8-9H2,1-2H3,(H,19,23)(H,20,24). The van der Waals surface area contributed by atoms with Gasteiger partial charge in [-0.2, -0.15) is 0 Å². The molecule has 3 N–H and O–H groups in total. The predicted molar refractivity (Wildman–Crippen MR) is 98.5 cm³/mol. The van der Waals surface area contributed by atoms with Gasteiger partial charge in [0.2, 0.25) is 0 Å². The molecule has 8 heteroatoms. The monoisotopic (exact) mass is 356 g/mol. The van der Waals surface area contributed by atoms with Crippen molar-refractivity contribution >= 4 is 23.2 Å². The number of nitrogens with zero attached hydrogens (tertiary/aromatic N) is 1. The molecule has 2 rings (SSSR count). The summed E-state index contributed by atoms with van der Waals surface area (Å²) in [6.45, 7) is 0.442. The summed E-state index contributed by atoms with van der Waals surface area (Å²) in [4.78, 5) is 34.0. The lowest BCUT2D eigenvalue weighted by Crippen LogP contribution is -2.18. The molecule has 0 saturated carbocycles. The number of nitrogens with one attached hydrogen (secondary N) is 3. The van der Waals surface area contributed by atoms with Gasteiger partial charge in [0.15, 0.2) is 0 Å². The Morgan fingerprint density at radius 2 is 1.65 bits per heavy atom. The van der Waals surface area contributed by atoms with Gasteiger partial charge in [-0.05, 0) is 36.2 Å². The van der Waals surface area contributed by atoms with Gasteiger partial charge in [0.1, 0.15) is 5.69 Å². The number of benzene rings is 2. The summed E-state index contributed by atoms with van der Waals surface area (Å²) in [5.41, 5.74) is 1.90. The zero-order valence-electron chi connectivity index (χ0n) is 14.5. The van der Waals surface area contributed by atoms with Gasteiger partial charge in [0.05, 0.1) is 4.92 Å². The number of rotatable bonds is 7. The molecule has 26 heavy (non-hydrogen) atoms. The Kier molecular flexibility index (Phi) is 6.26. The number of nitro benzene ring substituents is 1. The Morgan fingerprint density at radius 3 is 2.27 bits per heavy atom. The minimum absolute atomic E-state index is 0.162. The highest BCUT2D eigenvalue weighted by atomic mass is 16.6. The SMILES string of the molecule is CNC(=O)c1cccc(CCNc2ccc(C(=O)NC)cc2[N+](=O)[O-])c1. The zero-order valence-corrected chi connectivity index (χ0v) is 14.5. The molecule has 136 valence electrons. The third-order valence-electron chi connectivity index (χ3n) is 3.83. The van der Waals surface area contributed by atoms with E-state index in [1.54, 1.807) is 25.2 Å². The molecule has 0 heterocycles. The summed E-state index contributed by atoms with van der Waals surface area (Å²) in [6.07, 6.45) is 0.583. The first kappa shape index (κ1) is 18.9. The minimum Gasteiger partial charge on any atom is -0.379 e. The number of hydrogen-bond donors (Lipinski definition) is 3. The zero-order chi connectivity index (χ0) is 19.1. The summed E-state index contributed by atoms with van der Waals surface area (Å²) in [6, 6.07) is 11.5. The van der Waals surface area contributed by atoms with Gasteiger partial charge in [-0.25, -0.2) is 0 Å². The third-order valence-corrected chi connectivity index (χ3v) is 3.83. The van der Waals surface area contributed by atoms with Gasteiger partial charge in [0, 0.05) is 37.8 Å². The number of hydrogen-bond acceptors (Lipinski definition) is 5. The second-order valence-corrected chi connectivity index (χ2v) is 5.52. The van der Waals surface area contributed by atoms with E-state index in [1.807, 2.05) is 6.07 Å². The second kappa shape index (κ2) is 8.61. The van der Waals surface area contributed by atoms with E-state index in [-0.39, 0.29) is 23.1 Å². The Balaban J connectivity index is 2.09. The van der Waals surface area contributed by atoms with Gasteiger partial charge in [-0.15, -0.1) is 0 Å². The van der Waals surface area contributed by atoms with Crippen molar-refractivity contribution in [1.29, 1.82) is 0 Å². The number of amides is 2. The fourth-order valence-electron chi connectivity index (χ4n) is 2.47. The van der Waals surface area contributed by atoms with E-state index < -0.39 is 4.92 Å². The molecule has 0 aliphatic carbocycles. The molecule has 0 aliphatic heterocycles. The molecule has 0 aromatic heterocycles. The molecule has 0 unspecified atom stereocenters. The summed E-state index contributed by atoms with van der Waals surface area (Å²) in [7, 11) is 3.03. The predicted octanol–water partition coefficient (Wildman–Crippen LogP) is 1.97. The highest BCUT2D eigenvalue weighted by Crippen LogP contribution is 2.25. The van der Waals surface area contributed by atoms with Crippen LogP contribution >= 0.6 is 0 Å². The highest BCUT2D eigenvalue weighted by Gasteiger charge is 2.17. The average Bonchev–Trinajstić information content (AvgIpc) is 2.67.